The molecule has 2 aromatic rings. The van der Waals surface area contributed by atoms with Gasteiger partial charge in [0.25, 0.3) is 0 Å². The van der Waals surface area contributed by atoms with Crippen molar-refractivity contribution in [2.45, 2.75) is 25.9 Å². The van der Waals surface area contributed by atoms with Gasteiger partial charge in [0.05, 0.1) is 18.2 Å². The molecule has 3 nitrogen and oxygen atoms in total. The van der Waals surface area contributed by atoms with Crippen LogP contribution in [0, 0.1) is 11.3 Å². The van der Waals surface area contributed by atoms with Crippen LogP contribution in [-0.2, 0) is 6.11 Å². The van der Waals surface area contributed by atoms with Crippen LogP contribution in [0.15, 0.2) is 54.6 Å². The van der Waals surface area contributed by atoms with E-state index in [0.717, 1.165) is 5.56 Å². The zero-order valence-corrected chi connectivity index (χ0v) is 13.9. The molecule has 0 aromatic heterocycles. The van der Waals surface area contributed by atoms with E-state index >= 15 is 0 Å². The van der Waals surface area contributed by atoms with Crippen LogP contribution < -0.4 is 9.47 Å². The topological polar surface area (TPSA) is 42.2 Å². The van der Waals surface area contributed by atoms with Gasteiger partial charge in [0.15, 0.2) is 0 Å². The van der Waals surface area contributed by atoms with E-state index in [1.165, 1.54) is 36.4 Å². The van der Waals surface area contributed by atoms with E-state index < -0.39 is 6.11 Å². The molecule has 25 heavy (non-hydrogen) atoms. The smallest absolute Gasteiger partial charge is 0.426 e. The molecule has 0 bridgehead atoms. The molecular weight excluding hydrogens is 324 g/mol. The predicted octanol–water partition coefficient (Wildman–Crippen LogP) is 5.53. The van der Waals surface area contributed by atoms with E-state index in [9.17, 15) is 8.78 Å². The first-order chi connectivity index (χ1) is 12.0. The minimum atomic E-state index is -3.44. The number of nitrogens with zero attached hydrogens (tertiary/aromatic N) is 1. The monoisotopic (exact) mass is 343 g/mol. The first-order valence-corrected chi connectivity index (χ1v) is 7.95. The largest absolute Gasteiger partial charge is 0.494 e. The summed E-state index contributed by atoms with van der Waals surface area (Å²) in [5.41, 5.74) is 0.658. The molecule has 0 aliphatic carbocycles. The van der Waals surface area contributed by atoms with Gasteiger partial charge in [-0.2, -0.15) is 14.0 Å². The molecule has 0 unspecified atom stereocenters. The van der Waals surface area contributed by atoms with Gasteiger partial charge in [0, 0.05) is 6.42 Å². The summed E-state index contributed by atoms with van der Waals surface area (Å²) in [6.07, 6.45) is 1.30. The molecule has 0 aliphatic heterocycles. The van der Waals surface area contributed by atoms with Gasteiger partial charge in [-0.3, -0.25) is 0 Å². The van der Waals surface area contributed by atoms with Gasteiger partial charge in [-0.25, -0.2) is 0 Å². The van der Waals surface area contributed by atoms with Crippen molar-refractivity contribution in [1.29, 1.82) is 5.26 Å². The molecule has 0 heterocycles. The van der Waals surface area contributed by atoms with Crippen molar-refractivity contribution in [3.05, 3.63) is 65.7 Å². The van der Waals surface area contributed by atoms with Crippen LogP contribution in [0.5, 0.6) is 11.5 Å². The summed E-state index contributed by atoms with van der Waals surface area (Å²) in [5, 5.41) is 8.45. The Balaban J connectivity index is 1.99. The van der Waals surface area contributed by atoms with Crippen LogP contribution in [-0.4, -0.2) is 6.61 Å². The number of alkyl halides is 2. The third-order valence-corrected chi connectivity index (χ3v) is 3.38. The summed E-state index contributed by atoms with van der Waals surface area (Å²) < 4.78 is 38.7. The lowest BCUT2D eigenvalue weighted by atomic mass is 10.2. The van der Waals surface area contributed by atoms with Crippen LogP contribution in [0.2, 0.25) is 0 Å². The molecule has 5 heteroatoms. The van der Waals surface area contributed by atoms with Crippen LogP contribution in [0.3, 0.4) is 0 Å². The number of rotatable bonds is 8. The molecule has 0 radical (unpaired) electrons. The van der Waals surface area contributed by atoms with Crippen LogP contribution in [0.1, 0.15) is 30.9 Å². The average molecular weight is 343 g/mol. The van der Waals surface area contributed by atoms with Crippen LogP contribution in [0.25, 0.3) is 6.08 Å². The zero-order chi connectivity index (χ0) is 18.1. The van der Waals surface area contributed by atoms with Gasteiger partial charge in [-0.05, 0) is 55.3 Å². The highest BCUT2D eigenvalue weighted by Gasteiger charge is 2.34. The summed E-state index contributed by atoms with van der Waals surface area (Å²) in [6.45, 7) is 2.26. The standard InChI is InChI=1S/C20H19F2NO2/c1-2-5-16-6-10-19(11-7-16)25-20(21,22)17-8-12-18(13-9-17)24-15-4-3-14-23/h2,5-13H,3-4,15H2,1H3/b5-2+. The quantitative estimate of drug-likeness (QED) is 0.592. The minimum absolute atomic E-state index is 0.0927. The van der Waals surface area contributed by atoms with Gasteiger partial charge in [-0.15, -0.1) is 0 Å². The second kappa shape index (κ2) is 8.84. The Morgan fingerprint density at radius 3 is 2.28 bits per heavy atom. The first-order valence-electron chi connectivity index (χ1n) is 7.95. The highest BCUT2D eigenvalue weighted by Crippen LogP contribution is 2.32. The second-order valence-electron chi connectivity index (χ2n) is 5.32. The summed E-state index contributed by atoms with van der Waals surface area (Å²) in [7, 11) is 0. The van der Waals surface area contributed by atoms with E-state index in [1.807, 2.05) is 25.1 Å². The number of allylic oxidation sites excluding steroid dienone is 1. The summed E-state index contributed by atoms with van der Waals surface area (Å²) in [4.78, 5) is 0. The molecule has 0 fully saturated rings. The van der Waals surface area contributed by atoms with E-state index in [4.69, 9.17) is 14.7 Å². The summed E-state index contributed by atoms with van der Waals surface area (Å²) in [6, 6.07) is 13.9. The normalized spacial score (nSPS) is 11.3. The third kappa shape index (κ3) is 5.61. The maximum Gasteiger partial charge on any atom is 0.426 e. The lowest BCUT2D eigenvalue weighted by molar-refractivity contribution is -0.185. The number of nitriles is 1. The summed E-state index contributed by atoms with van der Waals surface area (Å²) in [5.74, 6) is 0.572. The fraction of sp³-hybridized carbons (Fsp3) is 0.250. The van der Waals surface area contributed by atoms with E-state index in [2.05, 4.69) is 0 Å². The number of ether oxygens (including phenoxy) is 2. The summed E-state index contributed by atoms with van der Waals surface area (Å²) >= 11 is 0. The predicted molar refractivity (Wildman–Crippen MR) is 92.5 cm³/mol. The van der Waals surface area contributed by atoms with Gasteiger partial charge < -0.3 is 9.47 Å². The van der Waals surface area contributed by atoms with Gasteiger partial charge in [0.1, 0.15) is 11.5 Å². The number of unbranched alkanes of at least 4 members (excludes halogenated alkanes) is 1. The van der Waals surface area contributed by atoms with E-state index in [1.54, 1.807) is 12.1 Å². The van der Waals surface area contributed by atoms with E-state index in [-0.39, 0.29) is 11.3 Å². The highest BCUT2D eigenvalue weighted by atomic mass is 19.3. The molecular formula is C20H19F2NO2. The maximum absolute atomic E-state index is 14.3. The van der Waals surface area contributed by atoms with Crippen LogP contribution in [0.4, 0.5) is 8.78 Å². The van der Waals surface area contributed by atoms with Crippen molar-refractivity contribution in [3.63, 3.8) is 0 Å². The third-order valence-electron chi connectivity index (χ3n) is 3.38. The number of hydrogen-bond donors (Lipinski definition) is 0. The average Bonchev–Trinajstić information content (AvgIpc) is 2.61. The fourth-order valence-electron chi connectivity index (χ4n) is 2.13. The lowest BCUT2D eigenvalue weighted by Crippen LogP contribution is -2.21. The number of hydrogen-bond acceptors (Lipinski definition) is 3. The lowest BCUT2D eigenvalue weighted by Gasteiger charge is -2.18. The fourth-order valence-corrected chi connectivity index (χ4v) is 2.13. The molecule has 0 atom stereocenters. The first kappa shape index (κ1) is 18.5. The number of halogens is 2. The van der Waals surface area contributed by atoms with Crippen molar-refractivity contribution < 1.29 is 18.3 Å². The molecule has 130 valence electrons. The molecule has 0 aliphatic rings. The zero-order valence-electron chi connectivity index (χ0n) is 13.9. The SMILES string of the molecule is C/C=C/c1ccc(OC(F)(F)c2ccc(OCCCC#N)cc2)cc1. The van der Waals surface area contributed by atoms with Crippen molar-refractivity contribution in [2.24, 2.45) is 0 Å². The molecule has 2 aromatic carbocycles. The van der Waals surface area contributed by atoms with Gasteiger partial charge in [-0.1, -0.05) is 24.3 Å². The van der Waals surface area contributed by atoms with Crippen molar-refractivity contribution >= 4 is 6.08 Å². The Kier molecular flexibility index (Phi) is 6.53. The second-order valence-corrected chi connectivity index (χ2v) is 5.32. The van der Waals surface area contributed by atoms with Gasteiger partial charge in [0.2, 0.25) is 0 Å². The Morgan fingerprint density at radius 2 is 1.68 bits per heavy atom. The molecule has 0 saturated heterocycles. The Labute approximate surface area is 146 Å². The molecule has 0 amide bonds. The van der Waals surface area contributed by atoms with Crippen LogP contribution >= 0.6 is 0 Å². The Hall–Kier alpha value is -2.87. The molecule has 0 saturated carbocycles. The minimum Gasteiger partial charge on any atom is -0.494 e. The van der Waals surface area contributed by atoms with E-state index in [0.29, 0.717) is 25.2 Å². The van der Waals surface area contributed by atoms with Crippen molar-refractivity contribution in [2.75, 3.05) is 6.61 Å². The highest BCUT2D eigenvalue weighted by molar-refractivity contribution is 5.50. The number of benzene rings is 2. The maximum atomic E-state index is 14.3. The molecule has 2 rings (SSSR count). The Bertz CT molecular complexity index is 732. The Morgan fingerprint density at radius 1 is 1.04 bits per heavy atom. The van der Waals surface area contributed by atoms with Crippen molar-refractivity contribution in [1.82, 2.24) is 0 Å². The molecule has 0 spiro atoms. The van der Waals surface area contributed by atoms with Gasteiger partial charge >= 0.3 is 6.11 Å². The van der Waals surface area contributed by atoms with Crippen molar-refractivity contribution in [3.8, 4) is 17.6 Å². The molecule has 0 N–H and O–H groups in total.